The van der Waals surface area contributed by atoms with Crippen LogP contribution in [0.1, 0.15) is 77.2 Å². The summed E-state index contributed by atoms with van der Waals surface area (Å²) in [6.45, 7) is 6.43. The maximum absolute atomic E-state index is 13.5. The van der Waals surface area contributed by atoms with Gasteiger partial charge in [-0.2, -0.15) is 0 Å². The SMILES string of the molecule is Cc1ccc(Nc2cc3c(cc2C)Oc2cccc(NC(C)C4CCCCC4)c2C32OC(=O)c3ccccc32)cc1. The van der Waals surface area contributed by atoms with Crippen molar-refractivity contribution in [2.45, 2.75) is 64.5 Å². The van der Waals surface area contributed by atoms with Gasteiger partial charge in [-0.3, -0.25) is 0 Å². The molecule has 7 rings (SSSR count). The van der Waals surface area contributed by atoms with Crippen molar-refractivity contribution in [3.8, 4) is 11.5 Å². The topological polar surface area (TPSA) is 59.6 Å². The molecule has 208 valence electrons. The molecular weight excluding hydrogens is 508 g/mol. The molecule has 0 saturated heterocycles. The number of carbonyl (C=O) groups is 1. The molecule has 3 aliphatic rings. The van der Waals surface area contributed by atoms with Crippen molar-refractivity contribution >= 4 is 23.0 Å². The molecule has 0 aromatic heterocycles. The van der Waals surface area contributed by atoms with Gasteiger partial charge >= 0.3 is 5.97 Å². The Balaban J connectivity index is 1.40. The van der Waals surface area contributed by atoms with Crippen LogP contribution >= 0.6 is 0 Å². The van der Waals surface area contributed by atoms with Gasteiger partial charge in [0.15, 0.2) is 5.60 Å². The Kier molecular flexibility index (Phi) is 6.26. The number of fused-ring (bicyclic) bond motifs is 6. The van der Waals surface area contributed by atoms with Crippen molar-refractivity contribution in [3.05, 3.63) is 112 Å². The molecule has 41 heavy (non-hydrogen) atoms. The smallest absolute Gasteiger partial charge is 0.340 e. The number of hydrogen-bond acceptors (Lipinski definition) is 5. The molecule has 0 amide bonds. The third-order valence-corrected chi connectivity index (χ3v) is 9.15. The van der Waals surface area contributed by atoms with Gasteiger partial charge < -0.3 is 20.1 Å². The Morgan fingerprint density at radius 2 is 1.61 bits per heavy atom. The van der Waals surface area contributed by atoms with Crippen molar-refractivity contribution in [1.82, 2.24) is 0 Å². The van der Waals surface area contributed by atoms with Crippen molar-refractivity contribution < 1.29 is 14.3 Å². The first-order valence-corrected chi connectivity index (χ1v) is 14.8. The van der Waals surface area contributed by atoms with E-state index in [-0.39, 0.29) is 12.0 Å². The van der Waals surface area contributed by atoms with Crippen LogP contribution in [0.4, 0.5) is 17.1 Å². The summed E-state index contributed by atoms with van der Waals surface area (Å²) in [6, 6.07) is 26.7. The molecule has 2 aliphatic heterocycles. The second kappa shape index (κ2) is 9.99. The minimum Gasteiger partial charge on any atom is -0.456 e. The Bertz CT molecular complexity index is 1640. The van der Waals surface area contributed by atoms with Crippen LogP contribution in [-0.4, -0.2) is 12.0 Å². The number of nitrogens with one attached hydrogen (secondary N) is 2. The van der Waals surface area contributed by atoms with Crippen molar-refractivity contribution in [1.29, 1.82) is 0 Å². The lowest BCUT2D eigenvalue weighted by atomic mass is 9.76. The summed E-state index contributed by atoms with van der Waals surface area (Å²) in [5.74, 6) is 1.70. The summed E-state index contributed by atoms with van der Waals surface area (Å²) < 4.78 is 13.2. The normalized spacial score (nSPS) is 19.9. The minimum absolute atomic E-state index is 0.282. The number of anilines is 3. The van der Waals surface area contributed by atoms with Gasteiger partial charge in [-0.1, -0.05) is 61.2 Å². The first-order valence-electron chi connectivity index (χ1n) is 14.8. The standard InChI is InChI=1S/C36H36N2O3/c1-22-16-18-26(19-17-22)38-31-21-29-33(20-23(31)2)40-32-15-9-14-30(37-24(3)25-10-5-4-6-11-25)34(32)36(29)28-13-8-7-12-27(28)35(39)41-36/h7-9,12-21,24-25,37-38H,4-6,10-11H2,1-3H3. The molecule has 5 nitrogen and oxygen atoms in total. The highest BCUT2D eigenvalue weighted by Crippen LogP contribution is 2.59. The van der Waals surface area contributed by atoms with Gasteiger partial charge in [0.1, 0.15) is 11.5 Å². The van der Waals surface area contributed by atoms with Gasteiger partial charge in [-0.25, -0.2) is 4.79 Å². The summed E-state index contributed by atoms with van der Waals surface area (Å²) in [7, 11) is 0. The van der Waals surface area contributed by atoms with Gasteiger partial charge in [0.2, 0.25) is 0 Å². The second-order valence-electron chi connectivity index (χ2n) is 11.9. The zero-order valence-electron chi connectivity index (χ0n) is 23.9. The first-order chi connectivity index (χ1) is 19.9. The van der Waals surface area contributed by atoms with Crippen LogP contribution in [0, 0.1) is 19.8 Å². The number of aryl methyl sites for hydroxylation is 2. The van der Waals surface area contributed by atoms with Gasteiger partial charge in [0.05, 0.1) is 11.1 Å². The van der Waals surface area contributed by atoms with Gasteiger partial charge in [-0.05, 0) is 87.6 Å². The lowest BCUT2D eigenvalue weighted by molar-refractivity contribution is 0.0226. The summed E-state index contributed by atoms with van der Waals surface area (Å²) in [5, 5.41) is 7.44. The molecule has 2 unspecified atom stereocenters. The van der Waals surface area contributed by atoms with E-state index in [4.69, 9.17) is 9.47 Å². The zero-order chi connectivity index (χ0) is 28.1. The van der Waals surface area contributed by atoms with Gasteiger partial charge in [0.25, 0.3) is 0 Å². The van der Waals surface area contributed by atoms with E-state index >= 15 is 0 Å². The van der Waals surface area contributed by atoms with Gasteiger partial charge in [0, 0.05) is 34.2 Å². The highest BCUT2D eigenvalue weighted by Gasteiger charge is 2.55. The molecule has 0 bridgehead atoms. The maximum Gasteiger partial charge on any atom is 0.340 e. The summed E-state index contributed by atoms with van der Waals surface area (Å²) in [5.41, 5.74) is 7.13. The highest BCUT2D eigenvalue weighted by molar-refractivity contribution is 5.97. The van der Waals surface area contributed by atoms with Crippen LogP contribution < -0.4 is 15.4 Å². The van der Waals surface area contributed by atoms with E-state index in [1.54, 1.807) is 0 Å². The van der Waals surface area contributed by atoms with E-state index in [2.05, 4.69) is 73.9 Å². The number of benzene rings is 4. The Morgan fingerprint density at radius 3 is 2.41 bits per heavy atom. The fourth-order valence-electron chi connectivity index (χ4n) is 6.92. The number of carbonyl (C=O) groups excluding carboxylic acids is 1. The van der Waals surface area contributed by atoms with Crippen LogP contribution in [0.3, 0.4) is 0 Å². The molecule has 1 spiro atoms. The van der Waals surface area contributed by atoms with Crippen LogP contribution in [0.25, 0.3) is 0 Å². The highest BCUT2D eigenvalue weighted by atomic mass is 16.6. The number of rotatable bonds is 5. The average molecular weight is 545 g/mol. The predicted octanol–water partition coefficient (Wildman–Crippen LogP) is 9.00. The summed E-state index contributed by atoms with van der Waals surface area (Å²) in [6.07, 6.45) is 6.36. The van der Waals surface area contributed by atoms with E-state index in [1.807, 2.05) is 36.4 Å². The van der Waals surface area contributed by atoms with E-state index in [9.17, 15) is 4.79 Å². The lowest BCUT2D eigenvalue weighted by Gasteiger charge is -2.39. The Hall–Kier alpha value is -4.25. The average Bonchev–Trinajstić information content (AvgIpc) is 3.28. The largest absolute Gasteiger partial charge is 0.456 e. The van der Waals surface area contributed by atoms with Crippen LogP contribution in [0.5, 0.6) is 11.5 Å². The van der Waals surface area contributed by atoms with E-state index < -0.39 is 5.60 Å². The predicted molar refractivity (Wildman–Crippen MR) is 164 cm³/mol. The third-order valence-electron chi connectivity index (χ3n) is 9.15. The Morgan fingerprint density at radius 1 is 0.829 bits per heavy atom. The molecule has 5 heteroatoms. The van der Waals surface area contributed by atoms with E-state index in [0.717, 1.165) is 39.3 Å². The summed E-state index contributed by atoms with van der Waals surface area (Å²) >= 11 is 0. The second-order valence-corrected chi connectivity index (χ2v) is 11.9. The van der Waals surface area contributed by atoms with Crippen molar-refractivity contribution in [3.63, 3.8) is 0 Å². The zero-order valence-corrected chi connectivity index (χ0v) is 23.9. The molecule has 4 aromatic carbocycles. The van der Waals surface area contributed by atoms with E-state index in [1.165, 1.54) is 37.7 Å². The van der Waals surface area contributed by atoms with Crippen LogP contribution in [-0.2, 0) is 10.3 Å². The fourth-order valence-corrected chi connectivity index (χ4v) is 6.92. The molecule has 1 aliphatic carbocycles. The molecule has 2 heterocycles. The molecule has 1 fully saturated rings. The molecular formula is C36H36N2O3. The number of ether oxygens (including phenoxy) is 2. The maximum atomic E-state index is 13.5. The Labute approximate surface area is 241 Å². The number of esters is 1. The fraction of sp³-hybridized carbons (Fsp3) is 0.306. The quantitative estimate of drug-likeness (QED) is 0.246. The molecule has 4 aromatic rings. The van der Waals surface area contributed by atoms with Crippen LogP contribution in [0.2, 0.25) is 0 Å². The minimum atomic E-state index is -1.14. The third kappa shape index (κ3) is 4.26. The van der Waals surface area contributed by atoms with Gasteiger partial charge in [-0.15, -0.1) is 0 Å². The van der Waals surface area contributed by atoms with E-state index in [0.29, 0.717) is 23.0 Å². The molecule has 0 radical (unpaired) electrons. The lowest BCUT2D eigenvalue weighted by Crippen LogP contribution is -2.36. The molecule has 2 N–H and O–H groups in total. The van der Waals surface area contributed by atoms with Crippen molar-refractivity contribution in [2.24, 2.45) is 5.92 Å². The molecule has 1 saturated carbocycles. The van der Waals surface area contributed by atoms with Crippen molar-refractivity contribution in [2.75, 3.05) is 10.6 Å². The number of hydrogen-bond donors (Lipinski definition) is 2. The monoisotopic (exact) mass is 544 g/mol. The first kappa shape index (κ1) is 25.7. The van der Waals surface area contributed by atoms with Crippen LogP contribution in [0.15, 0.2) is 78.9 Å². The summed E-state index contributed by atoms with van der Waals surface area (Å²) in [4.78, 5) is 13.5. The molecule has 2 atom stereocenters.